The van der Waals surface area contributed by atoms with E-state index in [1.54, 1.807) is 21.5 Å². The predicted molar refractivity (Wildman–Crippen MR) is 127 cm³/mol. The molecule has 2 atom stereocenters. The fraction of sp³-hybridized carbons (Fsp3) is 0.320. The van der Waals surface area contributed by atoms with Crippen LogP contribution in [0.4, 0.5) is 0 Å². The Morgan fingerprint density at radius 1 is 1.06 bits per heavy atom. The number of hydrogen-bond acceptors (Lipinski definition) is 6. The standard InChI is InChI=1S/C25H28N6O3/c1-29-12-20(10-27-29)19-6-7-24-28-21(15-31(24)14-19)25(34)26-11-22(32)23(33)16-30-9-8-17-4-2-3-5-18(17)13-30/h2-7,10,12,14-15,22-23,32-33H,8-9,11,13,16H2,1H3,(H,26,34)/t22-,23-/m0/s1. The average Bonchev–Trinajstić information content (AvgIpc) is 3.48. The number of fused-ring (bicyclic) bond motifs is 2. The second-order valence-corrected chi connectivity index (χ2v) is 8.81. The van der Waals surface area contributed by atoms with Gasteiger partial charge in [-0.15, -0.1) is 0 Å². The first-order valence-corrected chi connectivity index (χ1v) is 11.4. The monoisotopic (exact) mass is 460 g/mol. The lowest BCUT2D eigenvalue weighted by Gasteiger charge is -2.31. The van der Waals surface area contributed by atoms with E-state index in [0.717, 1.165) is 30.6 Å². The Labute approximate surface area is 197 Å². The van der Waals surface area contributed by atoms with Crippen LogP contribution in [0, 0.1) is 0 Å². The molecule has 0 fully saturated rings. The zero-order valence-corrected chi connectivity index (χ0v) is 19.0. The van der Waals surface area contributed by atoms with Crippen molar-refractivity contribution >= 4 is 11.6 Å². The predicted octanol–water partition coefficient (Wildman–Crippen LogP) is 1.24. The summed E-state index contributed by atoms with van der Waals surface area (Å²) < 4.78 is 3.52. The summed E-state index contributed by atoms with van der Waals surface area (Å²) in [4.78, 5) is 19.1. The molecule has 0 saturated heterocycles. The van der Waals surface area contributed by atoms with Crippen molar-refractivity contribution in [2.75, 3.05) is 19.6 Å². The third kappa shape index (κ3) is 4.72. The van der Waals surface area contributed by atoms with Crippen LogP contribution in [0.5, 0.6) is 0 Å². The number of amides is 1. The van der Waals surface area contributed by atoms with Crippen molar-refractivity contribution in [3.05, 3.63) is 78.0 Å². The van der Waals surface area contributed by atoms with Crippen molar-refractivity contribution < 1.29 is 15.0 Å². The number of rotatable bonds is 7. The van der Waals surface area contributed by atoms with Gasteiger partial charge in [-0.1, -0.05) is 24.3 Å². The maximum atomic E-state index is 12.6. The number of carbonyl (C=O) groups is 1. The number of nitrogens with zero attached hydrogens (tertiary/aromatic N) is 5. The number of benzene rings is 1. The number of imidazole rings is 1. The van der Waals surface area contributed by atoms with Crippen LogP contribution in [0.1, 0.15) is 21.6 Å². The molecule has 1 aliphatic rings. The molecule has 3 N–H and O–H groups in total. The Morgan fingerprint density at radius 3 is 2.68 bits per heavy atom. The maximum absolute atomic E-state index is 12.6. The van der Waals surface area contributed by atoms with E-state index in [4.69, 9.17) is 0 Å². The lowest BCUT2D eigenvalue weighted by atomic mass is 9.99. The molecule has 1 aromatic carbocycles. The Balaban J connectivity index is 1.16. The van der Waals surface area contributed by atoms with Crippen LogP contribution in [0.3, 0.4) is 0 Å². The molecular weight excluding hydrogens is 432 g/mol. The fourth-order valence-corrected chi connectivity index (χ4v) is 4.36. The van der Waals surface area contributed by atoms with Crippen molar-refractivity contribution in [3.63, 3.8) is 0 Å². The van der Waals surface area contributed by atoms with E-state index in [0.29, 0.717) is 12.2 Å². The molecule has 0 radical (unpaired) electrons. The lowest BCUT2D eigenvalue weighted by molar-refractivity contribution is -0.00343. The molecule has 1 aliphatic heterocycles. The number of carbonyl (C=O) groups excluding carboxylic acids is 1. The number of aryl methyl sites for hydroxylation is 1. The highest BCUT2D eigenvalue weighted by atomic mass is 16.3. The smallest absolute Gasteiger partial charge is 0.271 e. The number of aliphatic hydroxyl groups excluding tert-OH is 2. The van der Waals surface area contributed by atoms with E-state index in [1.807, 2.05) is 43.7 Å². The average molecular weight is 461 g/mol. The first-order chi connectivity index (χ1) is 16.5. The normalized spacial score (nSPS) is 15.7. The van der Waals surface area contributed by atoms with Gasteiger partial charge in [-0.05, 0) is 29.7 Å². The van der Waals surface area contributed by atoms with Crippen LogP contribution >= 0.6 is 0 Å². The van der Waals surface area contributed by atoms with E-state index in [9.17, 15) is 15.0 Å². The van der Waals surface area contributed by atoms with E-state index in [2.05, 4.69) is 32.4 Å². The first-order valence-electron chi connectivity index (χ1n) is 11.4. The first kappa shape index (κ1) is 22.3. The minimum Gasteiger partial charge on any atom is -0.389 e. The molecule has 0 saturated carbocycles. The quantitative estimate of drug-likeness (QED) is 0.383. The van der Waals surface area contributed by atoms with Gasteiger partial charge in [0.15, 0.2) is 0 Å². The third-order valence-electron chi connectivity index (χ3n) is 6.29. The highest BCUT2D eigenvalue weighted by Gasteiger charge is 2.23. The fourth-order valence-electron chi connectivity index (χ4n) is 4.36. The minimum atomic E-state index is -1.07. The summed E-state index contributed by atoms with van der Waals surface area (Å²) in [6.45, 7) is 1.86. The number of pyridine rings is 1. The largest absolute Gasteiger partial charge is 0.389 e. The molecular formula is C25H28N6O3. The summed E-state index contributed by atoms with van der Waals surface area (Å²) in [7, 11) is 1.86. The highest BCUT2D eigenvalue weighted by Crippen LogP contribution is 2.20. The molecule has 0 aliphatic carbocycles. The number of aliphatic hydroxyl groups is 2. The minimum absolute atomic E-state index is 0.0563. The van der Waals surface area contributed by atoms with E-state index < -0.39 is 18.1 Å². The summed E-state index contributed by atoms with van der Waals surface area (Å²) in [5.41, 5.74) is 5.41. The van der Waals surface area contributed by atoms with Crippen molar-refractivity contribution in [1.82, 2.24) is 29.4 Å². The van der Waals surface area contributed by atoms with Gasteiger partial charge in [0.05, 0.1) is 18.4 Å². The van der Waals surface area contributed by atoms with Crippen LogP contribution in [0.2, 0.25) is 0 Å². The molecule has 176 valence electrons. The number of β-amino-alcohol motifs (C(OH)–C–C–N with tert-alkyl or cyclic N) is 1. The molecule has 1 amide bonds. The van der Waals surface area contributed by atoms with E-state index in [-0.39, 0.29) is 12.2 Å². The lowest BCUT2D eigenvalue weighted by Crippen LogP contribution is -2.45. The summed E-state index contributed by atoms with van der Waals surface area (Å²) in [6, 6.07) is 12.1. The van der Waals surface area contributed by atoms with Crippen molar-refractivity contribution in [2.24, 2.45) is 7.05 Å². The van der Waals surface area contributed by atoms with Crippen molar-refractivity contribution in [2.45, 2.75) is 25.2 Å². The van der Waals surface area contributed by atoms with Crippen LogP contribution in [-0.4, -0.2) is 72.0 Å². The van der Waals surface area contributed by atoms with Gasteiger partial charge in [0.25, 0.3) is 5.91 Å². The summed E-state index contributed by atoms with van der Waals surface area (Å²) in [6.07, 6.45) is 6.13. The molecule has 0 spiro atoms. The zero-order valence-electron chi connectivity index (χ0n) is 19.0. The number of nitrogens with one attached hydrogen (secondary N) is 1. The van der Waals surface area contributed by atoms with Gasteiger partial charge in [0.1, 0.15) is 11.3 Å². The van der Waals surface area contributed by atoms with Gasteiger partial charge in [-0.3, -0.25) is 14.4 Å². The third-order valence-corrected chi connectivity index (χ3v) is 6.29. The summed E-state index contributed by atoms with van der Waals surface area (Å²) in [5, 5.41) is 27.8. The number of aromatic nitrogens is 4. The van der Waals surface area contributed by atoms with Gasteiger partial charge in [-0.2, -0.15) is 5.10 Å². The molecule has 3 aromatic heterocycles. The molecule has 5 rings (SSSR count). The maximum Gasteiger partial charge on any atom is 0.271 e. The van der Waals surface area contributed by atoms with Gasteiger partial charge in [-0.25, -0.2) is 4.98 Å². The summed E-state index contributed by atoms with van der Waals surface area (Å²) in [5.74, 6) is -0.398. The Morgan fingerprint density at radius 2 is 1.88 bits per heavy atom. The molecule has 9 nitrogen and oxygen atoms in total. The Hall–Kier alpha value is -3.53. The van der Waals surface area contributed by atoms with Crippen molar-refractivity contribution in [1.29, 1.82) is 0 Å². The van der Waals surface area contributed by atoms with Gasteiger partial charge < -0.3 is 19.9 Å². The van der Waals surface area contributed by atoms with Crippen LogP contribution in [-0.2, 0) is 20.0 Å². The van der Waals surface area contributed by atoms with E-state index >= 15 is 0 Å². The van der Waals surface area contributed by atoms with Crippen molar-refractivity contribution in [3.8, 4) is 11.1 Å². The second-order valence-electron chi connectivity index (χ2n) is 8.81. The Kier molecular flexibility index (Phi) is 6.14. The molecule has 9 heteroatoms. The van der Waals surface area contributed by atoms with E-state index in [1.165, 1.54) is 11.1 Å². The second kappa shape index (κ2) is 9.38. The van der Waals surface area contributed by atoms with Gasteiger partial charge in [0, 0.05) is 62.9 Å². The topological polar surface area (TPSA) is 108 Å². The molecule has 4 heterocycles. The highest BCUT2D eigenvalue weighted by molar-refractivity contribution is 5.92. The Bertz CT molecular complexity index is 1310. The SMILES string of the molecule is Cn1cc(-c2ccc3nc(C(=O)NC[C@H](O)[C@@H](O)CN4CCc5ccccc5C4)cn3c2)cn1. The molecule has 0 bridgehead atoms. The summed E-state index contributed by atoms with van der Waals surface area (Å²) >= 11 is 0. The molecule has 34 heavy (non-hydrogen) atoms. The van der Waals surface area contributed by atoms with Gasteiger partial charge in [0.2, 0.25) is 0 Å². The van der Waals surface area contributed by atoms with Crippen LogP contribution < -0.4 is 5.32 Å². The molecule has 0 unspecified atom stereocenters. The van der Waals surface area contributed by atoms with Crippen LogP contribution in [0.15, 0.2) is 61.2 Å². The van der Waals surface area contributed by atoms with Gasteiger partial charge >= 0.3 is 0 Å². The zero-order chi connectivity index (χ0) is 23.7. The number of hydrogen-bond donors (Lipinski definition) is 3. The molecule has 4 aromatic rings. The van der Waals surface area contributed by atoms with Crippen LogP contribution in [0.25, 0.3) is 16.8 Å².